The molecule has 0 rings (SSSR count). The fourth-order valence-electron chi connectivity index (χ4n) is 0. The summed E-state index contributed by atoms with van der Waals surface area (Å²) in [5.41, 5.74) is 0. The molecule has 0 spiro atoms. The van der Waals surface area contributed by atoms with E-state index in [1.165, 1.54) is 19.3 Å². The molecule has 0 saturated carbocycles. The third kappa shape index (κ3) is 5060. The Labute approximate surface area is 120 Å². The second-order valence-corrected chi connectivity index (χ2v) is 3.35. The van der Waals surface area contributed by atoms with Gasteiger partial charge in [-0.15, -0.1) is 19.7 Å². The van der Waals surface area contributed by atoms with Crippen molar-refractivity contribution in [2.75, 3.05) is 0 Å². The number of allylic oxidation sites excluding steroid dienone is 3. The number of hydrogen-bond acceptors (Lipinski definition) is 0. The monoisotopic (exact) mass is 258 g/mol. The molecule has 0 amide bonds. The van der Waals surface area contributed by atoms with Gasteiger partial charge in [0, 0.05) is 0 Å². The summed E-state index contributed by atoms with van der Waals surface area (Å²) in [6, 6.07) is 0. The molecule has 0 fully saturated rings. The van der Waals surface area contributed by atoms with Gasteiger partial charge in [0.2, 0.25) is 0 Å². The lowest BCUT2D eigenvalue weighted by Gasteiger charge is -1.48. The number of hydrogen-bond donors (Lipinski definition) is 0. The molecular formula is C18H42. The van der Waals surface area contributed by atoms with Crippen LogP contribution >= 0.6 is 0 Å². The van der Waals surface area contributed by atoms with E-state index >= 15 is 0 Å². The van der Waals surface area contributed by atoms with Gasteiger partial charge in [0.1, 0.15) is 0 Å². The first-order valence-corrected chi connectivity index (χ1v) is 7.20. The zero-order chi connectivity index (χ0) is 16.2. The molecular weight excluding hydrogens is 216 g/mol. The smallest absolute Gasteiger partial charge is 0.0473 e. The van der Waals surface area contributed by atoms with Crippen molar-refractivity contribution < 1.29 is 0 Å². The molecule has 0 saturated heterocycles. The predicted molar refractivity (Wildman–Crippen MR) is 95.5 cm³/mol. The van der Waals surface area contributed by atoms with E-state index in [1.807, 2.05) is 20.8 Å². The van der Waals surface area contributed by atoms with E-state index in [4.69, 9.17) is 0 Å². The van der Waals surface area contributed by atoms with E-state index < -0.39 is 0 Å². The molecule has 0 aromatic rings. The minimum Gasteiger partial charge on any atom is -0.103 e. The minimum absolute atomic E-state index is 1.25. The summed E-state index contributed by atoms with van der Waals surface area (Å²) in [7, 11) is 0. The van der Waals surface area contributed by atoms with E-state index in [1.54, 1.807) is 18.2 Å². The Morgan fingerprint density at radius 1 is 0.500 bits per heavy atom. The highest BCUT2D eigenvalue weighted by molar-refractivity contribution is 4.52. The van der Waals surface area contributed by atoms with Gasteiger partial charge in [-0.05, 0) is 20.8 Å². The fourth-order valence-corrected chi connectivity index (χ4v) is 0. The summed E-state index contributed by atoms with van der Waals surface area (Å²) in [6.45, 7) is 28.5. The van der Waals surface area contributed by atoms with Crippen molar-refractivity contribution in [3.8, 4) is 0 Å². The molecule has 0 radical (unpaired) electrons. The first-order chi connectivity index (χ1) is 8.49. The topological polar surface area (TPSA) is 0 Å². The summed E-state index contributed by atoms with van der Waals surface area (Å²) in [4.78, 5) is 0. The van der Waals surface area contributed by atoms with Gasteiger partial charge in [-0.25, -0.2) is 0 Å². The van der Waals surface area contributed by atoms with Gasteiger partial charge in [-0.3, -0.25) is 0 Å². The van der Waals surface area contributed by atoms with Crippen molar-refractivity contribution in [1.29, 1.82) is 0 Å². The third-order valence-corrected chi connectivity index (χ3v) is 0. The fraction of sp³-hybridized carbons (Fsp3) is 0.667. The van der Waals surface area contributed by atoms with Crippen molar-refractivity contribution in [2.24, 2.45) is 0 Å². The van der Waals surface area contributed by atoms with Crippen molar-refractivity contribution in [2.45, 2.75) is 81.6 Å². The van der Waals surface area contributed by atoms with Crippen LogP contribution in [0.2, 0.25) is 0 Å². The molecule has 0 bridgehead atoms. The molecule has 0 heterocycles. The van der Waals surface area contributed by atoms with Crippen LogP contribution in [-0.4, -0.2) is 0 Å². The molecule has 0 heteroatoms. The van der Waals surface area contributed by atoms with Crippen molar-refractivity contribution >= 4 is 0 Å². The second kappa shape index (κ2) is 138. The van der Waals surface area contributed by atoms with Gasteiger partial charge < -0.3 is 0 Å². The molecule has 0 aliphatic carbocycles. The van der Waals surface area contributed by atoms with Gasteiger partial charge in [0.15, 0.2) is 0 Å². The summed E-state index contributed by atoms with van der Waals surface area (Å²) < 4.78 is 0. The lowest BCUT2D eigenvalue weighted by atomic mass is 10.6. The Balaban J connectivity index is -0.0000000240. The zero-order valence-corrected chi connectivity index (χ0v) is 15.0. The van der Waals surface area contributed by atoms with E-state index in [0.717, 1.165) is 0 Å². The molecule has 0 atom stereocenters. The molecule has 0 unspecified atom stereocenters. The van der Waals surface area contributed by atoms with Gasteiger partial charge in [-0.1, -0.05) is 79.0 Å². The van der Waals surface area contributed by atoms with E-state index in [9.17, 15) is 0 Å². The lowest BCUT2D eigenvalue weighted by Crippen LogP contribution is -1.27. The van der Waals surface area contributed by atoms with Gasteiger partial charge >= 0.3 is 0 Å². The minimum atomic E-state index is 1.25. The third-order valence-electron chi connectivity index (χ3n) is 0. The Morgan fingerprint density at radius 3 is 0.500 bits per heavy atom. The van der Waals surface area contributed by atoms with Gasteiger partial charge in [-0.2, -0.15) is 0 Å². The van der Waals surface area contributed by atoms with Gasteiger partial charge in [0.05, 0.1) is 0 Å². The van der Waals surface area contributed by atoms with Crippen LogP contribution < -0.4 is 0 Å². The average molecular weight is 259 g/mol. The Kier molecular flexibility index (Phi) is 276. The predicted octanol–water partition coefficient (Wildman–Crippen LogP) is 7.83. The quantitative estimate of drug-likeness (QED) is 0.388. The molecule has 0 aliphatic heterocycles. The van der Waals surface area contributed by atoms with Crippen LogP contribution in [0.25, 0.3) is 0 Å². The normalized spacial score (nSPS) is 5.17. The van der Waals surface area contributed by atoms with E-state index in [2.05, 4.69) is 61.3 Å². The zero-order valence-electron chi connectivity index (χ0n) is 15.0. The maximum absolute atomic E-state index is 3.36. The largest absolute Gasteiger partial charge is 0.103 e. The summed E-state index contributed by atoms with van der Waals surface area (Å²) in [5, 5.41) is 0. The standard InChI is InChI=1S/3C3H8.3C3H6/c6*1-3-2/h3*3H2,1-2H3;3*3H,1H2,2H3. The number of rotatable bonds is 0. The lowest BCUT2D eigenvalue weighted by molar-refractivity contribution is 1.09. The van der Waals surface area contributed by atoms with Crippen LogP contribution in [0.5, 0.6) is 0 Å². The molecule has 0 aromatic carbocycles. The summed E-state index contributed by atoms with van der Waals surface area (Å²) >= 11 is 0. The first kappa shape index (κ1) is 36.0. The SMILES string of the molecule is C=CC.C=CC.C=CC.CCC.CCC.CCC. The van der Waals surface area contributed by atoms with Crippen molar-refractivity contribution in [3.63, 3.8) is 0 Å². The highest BCUT2D eigenvalue weighted by Crippen LogP contribution is 1.57. The first-order valence-electron chi connectivity index (χ1n) is 7.20. The maximum atomic E-state index is 3.36. The van der Waals surface area contributed by atoms with Gasteiger partial charge in [0.25, 0.3) is 0 Å². The second-order valence-electron chi connectivity index (χ2n) is 3.35. The average Bonchev–Trinajstić information content (AvgIpc) is 2.23. The maximum Gasteiger partial charge on any atom is -0.0473 e. The van der Waals surface area contributed by atoms with Crippen molar-refractivity contribution in [1.82, 2.24) is 0 Å². The van der Waals surface area contributed by atoms with E-state index in [-0.39, 0.29) is 0 Å². The molecule has 0 aliphatic rings. The summed E-state index contributed by atoms with van der Waals surface area (Å²) in [6.07, 6.45) is 9.00. The highest BCUT2D eigenvalue weighted by atomic mass is 13.4. The molecule has 0 N–H and O–H groups in total. The Hall–Kier alpha value is -0.780. The van der Waals surface area contributed by atoms with E-state index in [0.29, 0.717) is 0 Å². The Bertz CT molecular complexity index is 61.0. The molecule has 114 valence electrons. The Morgan fingerprint density at radius 2 is 0.500 bits per heavy atom. The van der Waals surface area contributed by atoms with Crippen LogP contribution in [-0.2, 0) is 0 Å². The highest BCUT2D eigenvalue weighted by Gasteiger charge is 1.36. The van der Waals surface area contributed by atoms with Crippen LogP contribution in [0.15, 0.2) is 38.0 Å². The van der Waals surface area contributed by atoms with Crippen LogP contribution in [0.3, 0.4) is 0 Å². The molecule has 0 nitrogen and oxygen atoms in total. The van der Waals surface area contributed by atoms with Crippen molar-refractivity contribution in [3.05, 3.63) is 38.0 Å². The van der Waals surface area contributed by atoms with Crippen LogP contribution in [0.4, 0.5) is 0 Å². The van der Waals surface area contributed by atoms with Crippen LogP contribution in [0, 0.1) is 0 Å². The summed E-state index contributed by atoms with van der Waals surface area (Å²) in [5.74, 6) is 0. The molecule has 0 aromatic heterocycles. The molecule has 18 heavy (non-hydrogen) atoms. The van der Waals surface area contributed by atoms with Crippen LogP contribution in [0.1, 0.15) is 81.6 Å².